The summed E-state index contributed by atoms with van der Waals surface area (Å²) in [6, 6.07) is 8.15. The van der Waals surface area contributed by atoms with Gasteiger partial charge >= 0.3 is 0 Å². The maximum Gasteiger partial charge on any atom is 0.251 e. The summed E-state index contributed by atoms with van der Waals surface area (Å²) in [5.74, 6) is 1.37. The third kappa shape index (κ3) is 3.97. The van der Waals surface area contributed by atoms with Crippen molar-refractivity contribution in [3.8, 4) is 0 Å². The monoisotopic (exact) mass is 294 g/mol. The van der Waals surface area contributed by atoms with E-state index in [2.05, 4.69) is 22.8 Å². The molecule has 0 bridgehead atoms. The number of hydrogen-bond acceptors (Lipinski definition) is 2. The van der Waals surface area contributed by atoms with E-state index in [1.54, 1.807) is 0 Å². The van der Waals surface area contributed by atoms with Crippen LogP contribution in [0.15, 0.2) is 24.3 Å². The van der Waals surface area contributed by atoms with E-state index in [0.29, 0.717) is 5.92 Å². The van der Waals surface area contributed by atoms with Gasteiger partial charge in [0.05, 0.1) is 0 Å². The Hall–Kier alpha value is -1.06. The predicted molar refractivity (Wildman–Crippen MR) is 83.6 cm³/mol. The Balaban J connectivity index is 0.00000147. The fourth-order valence-electron chi connectivity index (χ4n) is 2.73. The van der Waals surface area contributed by atoms with Crippen LogP contribution >= 0.6 is 12.4 Å². The fraction of sp³-hybridized carbons (Fsp3) is 0.562. The number of carbonyl (C=O) groups is 1. The lowest BCUT2D eigenvalue weighted by molar-refractivity contribution is 0.0951. The topological polar surface area (TPSA) is 41.1 Å². The quantitative estimate of drug-likeness (QED) is 0.896. The molecule has 0 spiro atoms. The molecule has 20 heavy (non-hydrogen) atoms. The molecular formula is C16H23ClN2O. The first-order valence-electron chi connectivity index (χ1n) is 7.42. The number of nitrogens with one attached hydrogen (secondary N) is 2. The van der Waals surface area contributed by atoms with Crippen molar-refractivity contribution in [1.82, 2.24) is 10.6 Å². The van der Waals surface area contributed by atoms with Gasteiger partial charge in [-0.05, 0) is 61.8 Å². The van der Waals surface area contributed by atoms with E-state index >= 15 is 0 Å². The molecule has 1 heterocycles. The average molecular weight is 295 g/mol. The lowest BCUT2D eigenvalue weighted by Gasteiger charge is -2.23. The number of piperidine rings is 1. The van der Waals surface area contributed by atoms with Crippen LogP contribution in [-0.2, 0) is 0 Å². The lowest BCUT2D eigenvalue weighted by atomic mass is 9.90. The van der Waals surface area contributed by atoms with E-state index in [4.69, 9.17) is 0 Å². The summed E-state index contributed by atoms with van der Waals surface area (Å²) in [7, 11) is 0. The summed E-state index contributed by atoms with van der Waals surface area (Å²) in [6.45, 7) is 3.00. The van der Waals surface area contributed by atoms with E-state index in [9.17, 15) is 4.79 Å². The van der Waals surface area contributed by atoms with Gasteiger partial charge in [0.15, 0.2) is 0 Å². The Kier molecular flexibility index (Phi) is 5.44. The zero-order chi connectivity index (χ0) is 13.1. The van der Waals surface area contributed by atoms with Gasteiger partial charge in [0, 0.05) is 18.7 Å². The maximum atomic E-state index is 12.1. The van der Waals surface area contributed by atoms with Crippen LogP contribution in [0.25, 0.3) is 0 Å². The molecule has 2 aliphatic rings. The Morgan fingerprint density at radius 2 is 2.15 bits per heavy atom. The van der Waals surface area contributed by atoms with Crippen molar-refractivity contribution < 1.29 is 4.79 Å². The van der Waals surface area contributed by atoms with Crippen LogP contribution in [0.3, 0.4) is 0 Å². The minimum absolute atomic E-state index is 0. The maximum absolute atomic E-state index is 12.1. The van der Waals surface area contributed by atoms with Gasteiger partial charge in [0.1, 0.15) is 0 Å². The Labute approximate surface area is 126 Å². The lowest BCUT2D eigenvalue weighted by Crippen LogP contribution is -2.29. The Morgan fingerprint density at radius 1 is 1.30 bits per heavy atom. The molecule has 1 saturated heterocycles. The van der Waals surface area contributed by atoms with Gasteiger partial charge in [-0.15, -0.1) is 12.4 Å². The summed E-state index contributed by atoms with van der Waals surface area (Å²) in [4.78, 5) is 12.1. The van der Waals surface area contributed by atoms with Crippen molar-refractivity contribution >= 4 is 18.3 Å². The summed E-state index contributed by atoms with van der Waals surface area (Å²) < 4.78 is 0. The highest BCUT2D eigenvalue weighted by Gasteiger charge is 2.22. The van der Waals surface area contributed by atoms with Crippen LogP contribution in [0.1, 0.15) is 47.5 Å². The number of hydrogen-bond donors (Lipinski definition) is 2. The second-order valence-corrected chi connectivity index (χ2v) is 5.82. The highest BCUT2D eigenvalue weighted by atomic mass is 35.5. The molecule has 110 valence electrons. The Morgan fingerprint density at radius 3 is 2.85 bits per heavy atom. The molecule has 2 N–H and O–H groups in total. The van der Waals surface area contributed by atoms with Crippen molar-refractivity contribution in [3.05, 3.63) is 35.4 Å². The summed E-state index contributed by atoms with van der Waals surface area (Å²) in [5.41, 5.74) is 2.11. The highest BCUT2D eigenvalue weighted by molar-refractivity contribution is 5.94. The van der Waals surface area contributed by atoms with E-state index in [1.807, 2.05) is 12.1 Å². The van der Waals surface area contributed by atoms with Crippen LogP contribution in [0.5, 0.6) is 0 Å². The zero-order valence-electron chi connectivity index (χ0n) is 11.7. The van der Waals surface area contributed by atoms with Gasteiger partial charge in [0.25, 0.3) is 5.91 Å². The highest BCUT2D eigenvalue weighted by Crippen LogP contribution is 2.28. The number of amides is 1. The van der Waals surface area contributed by atoms with Crippen molar-refractivity contribution in [3.63, 3.8) is 0 Å². The van der Waals surface area contributed by atoms with E-state index in [1.165, 1.54) is 31.2 Å². The van der Waals surface area contributed by atoms with Crippen molar-refractivity contribution in [2.45, 2.75) is 31.6 Å². The van der Waals surface area contributed by atoms with Crippen molar-refractivity contribution in [2.24, 2.45) is 5.92 Å². The van der Waals surface area contributed by atoms with Crippen molar-refractivity contribution in [1.29, 1.82) is 0 Å². The third-order valence-corrected chi connectivity index (χ3v) is 4.17. The molecule has 1 aliphatic heterocycles. The molecule has 1 atom stereocenters. The normalized spacial score (nSPS) is 21.9. The first-order chi connectivity index (χ1) is 9.33. The molecule has 1 aromatic rings. The smallest absolute Gasteiger partial charge is 0.251 e. The summed E-state index contributed by atoms with van der Waals surface area (Å²) in [6.07, 6.45) is 4.99. The van der Waals surface area contributed by atoms with Gasteiger partial charge in [-0.25, -0.2) is 0 Å². The molecule has 0 aromatic heterocycles. The second-order valence-electron chi connectivity index (χ2n) is 5.82. The number of halogens is 1. The summed E-state index contributed by atoms with van der Waals surface area (Å²) >= 11 is 0. The van der Waals surface area contributed by atoms with Gasteiger partial charge in [-0.3, -0.25) is 4.79 Å². The molecule has 4 heteroatoms. The summed E-state index contributed by atoms with van der Waals surface area (Å²) in [5, 5.41) is 6.47. The molecule has 3 rings (SSSR count). The van der Waals surface area contributed by atoms with E-state index in [0.717, 1.165) is 31.1 Å². The number of carbonyl (C=O) groups excluding carboxylic acids is 1. The van der Waals surface area contributed by atoms with Gasteiger partial charge in [-0.2, -0.15) is 0 Å². The molecule has 1 aromatic carbocycles. The van der Waals surface area contributed by atoms with Gasteiger partial charge in [-0.1, -0.05) is 12.1 Å². The number of rotatable bonds is 4. The minimum Gasteiger partial charge on any atom is -0.352 e. The van der Waals surface area contributed by atoms with Crippen LogP contribution in [0.2, 0.25) is 0 Å². The first kappa shape index (κ1) is 15.3. The molecule has 1 amide bonds. The molecule has 1 saturated carbocycles. The zero-order valence-corrected chi connectivity index (χ0v) is 12.5. The van der Waals surface area contributed by atoms with Crippen molar-refractivity contribution in [2.75, 3.05) is 19.6 Å². The Bertz CT molecular complexity index is 454. The molecule has 2 fully saturated rings. The van der Waals surface area contributed by atoms with Gasteiger partial charge < -0.3 is 10.6 Å². The average Bonchev–Trinajstić information content (AvgIpc) is 3.30. The van der Waals surface area contributed by atoms with Crippen LogP contribution < -0.4 is 10.6 Å². The second kappa shape index (κ2) is 7.09. The minimum atomic E-state index is 0. The number of benzene rings is 1. The first-order valence-corrected chi connectivity index (χ1v) is 7.42. The molecular weight excluding hydrogens is 272 g/mol. The van der Waals surface area contributed by atoms with Crippen LogP contribution in [0.4, 0.5) is 0 Å². The third-order valence-electron chi connectivity index (χ3n) is 4.17. The largest absolute Gasteiger partial charge is 0.352 e. The van der Waals surface area contributed by atoms with E-state index in [-0.39, 0.29) is 18.3 Å². The predicted octanol–water partition coefficient (Wildman–Crippen LogP) is 2.72. The van der Waals surface area contributed by atoms with Gasteiger partial charge in [0.2, 0.25) is 0 Å². The fourth-order valence-corrected chi connectivity index (χ4v) is 2.73. The van der Waals surface area contributed by atoms with Crippen LogP contribution in [-0.4, -0.2) is 25.5 Å². The molecule has 3 nitrogen and oxygen atoms in total. The SMILES string of the molecule is Cl.O=C(NCC1CC1)c1cccc(C2CCCNC2)c1. The van der Waals surface area contributed by atoms with E-state index < -0.39 is 0 Å². The van der Waals surface area contributed by atoms with Crippen LogP contribution in [0, 0.1) is 5.92 Å². The molecule has 1 aliphatic carbocycles. The molecule has 1 unspecified atom stereocenters. The standard InChI is InChI=1S/C16H22N2O.ClH/c19-16(18-10-12-6-7-12)14-4-1-3-13(9-14)15-5-2-8-17-11-15;/h1,3-4,9,12,15,17H,2,5-8,10-11H2,(H,18,19);1H. The molecule has 0 radical (unpaired) electrons.